The van der Waals surface area contributed by atoms with Gasteiger partial charge in [-0.25, -0.2) is 8.78 Å². The quantitative estimate of drug-likeness (QED) is 0.468. The van der Waals surface area contributed by atoms with Crippen molar-refractivity contribution in [3.05, 3.63) is 53.3 Å². The van der Waals surface area contributed by atoms with Crippen LogP contribution in [0.25, 0.3) is 17.4 Å². The highest BCUT2D eigenvalue weighted by Crippen LogP contribution is 2.27. The summed E-state index contributed by atoms with van der Waals surface area (Å²) in [5.74, 6) is -2.25. The molecule has 128 valence electrons. The van der Waals surface area contributed by atoms with Crippen LogP contribution in [-0.2, 0) is 9.59 Å². The summed E-state index contributed by atoms with van der Waals surface area (Å²) in [5, 5.41) is 0.0978. The molecule has 1 saturated heterocycles. The fourth-order valence-corrected chi connectivity index (χ4v) is 2.55. The number of carbonyl (C=O) groups excluding carboxylic acids is 2. The number of rotatable bonds is 2. The van der Waals surface area contributed by atoms with E-state index in [1.165, 1.54) is 48.2 Å². The second kappa shape index (κ2) is 6.21. The number of benzene rings is 1. The minimum absolute atomic E-state index is 0.0720. The SMILES string of the molecule is CN1C(=O)C(=Cc2ccc(-c3ccc(F)cc3F)o2)C(=O)N(C)C1=S. The third-order valence-electron chi connectivity index (χ3n) is 3.75. The van der Waals surface area contributed by atoms with Gasteiger partial charge >= 0.3 is 0 Å². The number of furan rings is 1. The highest BCUT2D eigenvalue weighted by atomic mass is 32.1. The van der Waals surface area contributed by atoms with Crippen molar-refractivity contribution in [2.75, 3.05) is 14.1 Å². The number of hydrogen-bond donors (Lipinski definition) is 0. The lowest BCUT2D eigenvalue weighted by atomic mass is 10.1. The fourth-order valence-electron chi connectivity index (χ4n) is 2.38. The van der Waals surface area contributed by atoms with Gasteiger partial charge in [0.25, 0.3) is 11.8 Å². The summed E-state index contributed by atoms with van der Waals surface area (Å²) in [7, 11) is 2.92. The van der Waals surface area contributed by atoms with Crippen molar-refractivity contribution < 1.29 is 22.8 Å². The number of hydrogen-bond acceptors (Lipinski definition) is 4. The Morgan fingerprint density at radius 1 is 1.04 bits per heavy atom. The van der Waals surface area contributed by atoms with E-state index in [0.717, 1.165) is 12.1 Å². The van der Waals surface area contributed by atoms with Crippen LogP contribution in [0, 0.1) is 11.6 Å². The minimum atomic E-state index is -0.775. The van der Waals surface area contributed by atoms with Crippen LogP contribution in [-0.4, -0.2) is 40.8 Å². The molecule has 0 aliphatic carbocycles. The summed E-state index contributed by atoms with van der Waals surface area (Å²) in [4.78, 5) is 26.8. The first-order valence-corrected chi connectivity index (χ1v) is 7.57. The number of thiocarbonyl (C=S) groups is 1. The lowest BCUT2D eigenvalue weighted by molar-refractivity contribution is -0.132. The smallest absolute Gasteiger partial charge is 0.265 e. The second-order valence-corrected chi connectivity index (χ2v) is 5.76. The zero-order valence-corrected chi connectivity index (χ0v) is 14.1. The van der Waals surface area contributed by atoms with Gasteiger partial charge in [-0.05, 0) is 42.6 Å². The van der Waals surface area contributed by atoms with Crippen LogP contribution in [0.2, 0.25) is 0 Å². The maximum Gasteiger partial charge on any atom is 0.265 e. The molecule has 0 unspecified atom stereocenters. The van der Waals surface area contributed by atoms with Crippen molar-refractivity contribution in [1.29, 1.82) is 0 Å². The van der Waals surface area contributed by atoms with Crippen LogP contribution in [0.15, 0.2) is 40.3 Å². The Bertz CT molecular complexity index is 910. The van der Waals surface area contributed by atoms with Gasteiger partial charge in [0.05, 0.1) is 5.56 Å². The molecule has 2 heterocycles. The molecule has 2 aromatic rings. The second-order valence-electron chi connectivity index (χ2n) is 5.40. The molecule has 0 radical (unpaired) electrons. The summed E-state index contributed by atoms with van der Waals surface area (Å²) < 4.78 is 32.3. The van der Waals surface area contributed by atoms with Crippen molar-refractivity contribution >= 4 is 35.2 Å². The predicted molar refractivity (Wildman–Crippen MR) is 90.2 cm³/mol. The van der Waals surface area contributed by atoms with Gasteiger partial charge in [-0.3, -0.25) is 19.4 Å². The fraction of sp³-hybridized carbons (Fsp3) is 0.118. The zero-order valence-electron chi connectivity index (χ0n) is 13.2. The lowest BCUT2D eigenvalue weighted by Crippen LogP contribution is -2.52. The van der Waals surface area contributed by atoms with E-state index in [0.29, 0.717) is 0 Å². The molecular formula is C17H12F2N2O3S. The molecule has 1 aromatic carbocycles. The van der Waals surface area contributed by atoms with E-state index in [1.54, 1.807) is 0 Å². The van der Waals surface area contributed by atoms with E-state index in [4.69, 9.17) is 16.6 Å². The number of carbonyl (C=O) groups is 2. The van der Waals surface area contributed by atoms with Gasteiger partial charge in [0.15, 0.2) is 5.11 Å². The molecule has 0 saturated carbocycles. The highest BCUT2D eigenvalue weighted by molar-refractivity contribution is 7.80. The van der Waals surface area contributed by atoms with Gasteiger partial charge < -0.3 is 4.42 Å². The molecule has 3 rings (SSSR count). The van der Waals surface area contributed by atoms with Gasteiger partial charge in [0.2, 0.25) is 0 Å². The van der Waals surface area contributed by atoms with Crippen molar-refractivity contribution in [2.24, 2.45) is 0 Å². The van der Waals surface area contributed by atoms with Crippen LogP contribution < -0.4 is 0 Å². The van der Waals surface area contributed by atoms with Crippen molar-refractivity contribution in [1.82, 2.24) is 9.80 Å². The van der Waals surface area contributed by atoms with Crippen LogP contribution in [0.3, 0.4) is 0 Å². The Hall–Kier alpha value is -2.87. The Balaban J connectivity index is 1.97. The Morgan fingerprint density at radius 2 is 1.68 bits per heavy atom. The Morgan fingerprint density at radius 3 is 2.28 bits per heavy atom. The van der Waals surface area contributed by atoms with E-state index in [2.05, 4.69) is 0 Å². The maximum atomic E-state index is 13.8. The molecule has 0 N–H and O–H groups in total. The zero-order chi connectivity index (χ0) is 18.3. The van der Waals surface area contributed by atoms with Crippen LogP contribution in [0.1, 0.15) is 5.76 Å². The van der Waals surface area contributed by atoms with Crippen LogP contribution in [0.4, 0.5) is 8.78 Å². The van der Waals surface area contributed by atoms with E-state index in [9.17, 15) is 18.4 Å². The Kier molecular flexibility index (Phi) is 4.22. The monoisotopic (exact) mass is 362 g/mol. The van der Waals surface area contributed by atoms with Crippen LogP contribution in [0.5, 0.6) is 0 Å². The van der Waals surface area contributed by atoms with E-state index in [-0.39, 0.29) is 27.8 Å². The normalized spacial score (nSPS) is 15.2. The summed E-state index contributed by atoms with van der Waals surface area (Å²) in [6.07, 6.45) is 1.27. The molecule has 0 bridgehead atoms. The maximum absolute atomic E-state index is 13.8. The molecule has 1 fully saturated rings. The topological polar surface area (TPSA) is 53.8 Å². The largest absolute Gasteiger partial charge is 0.457 e. The van der Waals surface area contributed by atoms with Gasteiger partial charge in [-0.15, -0.1) is 0 Å². The number of likely N-dealkylation sites (N-methyl/N-ethyl adjacent to an activating group) is 2. The van der Waals surface area contributed by atoms with Gasteiger partial charge in [-0.1, -0.05) is 0 Å². The first-order valence-electron chi connectivity index (χ1n) is 7.16. The van der Waals surface area contributed by atoms with Crippen molar-refractivity contribution in [3.63, 3.8) is 0 Å². The first-order chi connectivity index (χ1) is 11.8. The summed E-state index contributed by atoms with van der Waals surface area (Å²) in [5.41, 5.74) is -0.0539. The molecule has 5 nitrogen and oxygen atoms in total. The molecule has 0 atom stereocenters. The highest BCUT2D eigenvalue weighted by Gasteiger charge is 2.35. The average Bonchev–Trinajstić information content (AvgIpc) is 3.03. The number of nitrogens with zero attached hydrogens (tertiary/aromatic N) is 2. The Labute approximate surface area is 147 Å². The first kappa shape index (κ1) is 17.0. The van der Waals surface area contributed by atoms with Crippen molar-refractivity contribution in [2.45, 2.75) is 0 Å². The number of amides is 2. The van der Waals surface area contributed by atoms with Crippen LogP contribution >= 0.6 is 12.2 Å². The van der Waals surface area contributed by atoms with E-state index in [1.807, 2.05) is 0 Å². The molecule has 1 aliphatic rings. The van der Waals surface area contributed by atoms with Gasteiger partial charge in [0, 0.05) is 20.2 Å². The molecule has 2 amide bonds. The standard InChI is InChI=1S/C17H12F2N2O3S/c1-20-15(22)12(16(23)21(2)17(20)25)8-10-4-6-14(24-10)11-5-3-9(18)7-13(11)19/h3-8H,1-2H3. The molecule has 0 spiro atoms. The summed E-state index contributed by atoms with van der Waals surface area (Å²) in [6, 6.07) is 6.06. The third kappa shape index (κ3) is 2.96. The van der Waals surface area contributed by atoms with E-state index >= 15 is 0 Å². The van der Waals surface area contributed by atoms with E-state index < -0.39 is 23.4 Å². The molecular weight excluding hydrogens is 350 g/mol. The van der Waals surface area contributed by atoms with Gasteiger partial charge in [0.1, 0.15) is 28.7 Å². The molecule has 1 aliphatic heterocycles. The molecule has 8 heteroatoms. The molecule has 25 heavy (non-hydrogen) atoms. The third-order valence-corrected chi connectivity index (χ3v) is 4.30. The lowest BCUT2D eigenvalue weighted by Gasteiger charge is -2.31. The van der Waals surface area contributed by atoms with Crippen molar-refractivity contribution in [3.8, 4) is 11.3 Å². The predicted octanol–water partition coefficient (Wildman–Crippen LogP) is 2.82. The average molecular weight is 362 g/mol. The number of halogens is 2. The summed E-state index contributed by atoms with van der Waals surface area (Å²) >= 11 is 5.00. The van der Waals surface area contributed by atoms with Gasteiger partial charge in [-0.2, -0.15) is 0 Å². The molecule has 1 aromatic heterocycles. The minimum Gasteiger partial charge on any atom is -0.457 e. The summed E-state index contributed by atoms with van der Waals surface area (Å²) in [6.45, 7) is 0.